The third kappa shape index (κ3) is 1.52. The largest absolute Gasteiger partial charge is 0.392 e. The molecule has 2 heterocycles. The zero-order valence-electron chi connectivity index (χ0n) is 8.50. The van der Waals surface area contributed by atoms with Crippen LogP contribution in [0.3, 0.4) is 0 Å². The van der Waals surface area contributed by atoms with Crippen molar-refractivity contribution in [1.82, 2.24) is 9.38 Å². The molecule has 0 fully saturated rings. The van der Waals surface area contributed by atoms with E-state index in [9.17, 15) is 0 Å². The van der Waals surface area contributed by atoms with Gasteiger partial charge in [-0.2, -0.15) is 0 Å². The predicted molar refractivity (Wildman–Crippen MR) is 64.4 cm³/mol. The smallest absolute Gasteiger partial charge is 0.194 e. The number of aliphatic hydroxyl groups excluding tert-OH is 1. The first-order valence-electron chi connectivity index (χ1n) is 4.99. The average Bonchev–Trinajstić information content (AvgIpc) is 2.89. The molecule has 80 valence electrons. The van der Waals surface area contributed by atoms with Crippen LogP contribution in [0.4, 0.5) is 0 Å². The van der Waals surface area contributed by atoms with Gasteiger partial charge in [0.05, 0.1) is 12.3 Å². The van der Waals surface area contributed by atoms with E-state index in [4.69, 9.17) is 5.11 Å². The Morgan fingerprint density at radius 3 is 2.75 bits per heavy atom. The molecule has 1 aromatic carbocycles. The predicted octanol–water partition coefficient (Wildman–Crippen LogP) is 2.56. The Morgan fingerprint density at radius 2 is 2.06 bits per heavy atom. The molecular formula is C12H10N2OS. The van der Waals surface area contributed by atoms with Gasteiger partial charge in [-0.25, -0.2) is 4.98 Å². The molecule has 4 heteroatoms. The molecule has 0 spiro atoms. The van der Waals surface area contributed by atoms with Gasteiger partial charge < -0.3 is 5.11 Å². The molecule has 0 aliphatic rings. The van der Waals surface area contributed by atoms with Crippen LogP contribution in [-0.2, 0) is 6.61 Å². The van der Waals surface area contributed by atoms with Crippen LogP contribution < -0.4 is 0 Å². The first-order chi connectivity index (χ1) is 7.86. The molecule has 0 unspecified atom stereocenters. The lowest BCUT2D eigenvalue weighted by Gasteiger charge is -1.98. The lowest BCUT2D eigenvalue weighted by atomic mass is 10.1. The van der Waals surface area contributed by atoms with Crippen molar-refractivity contribution in [3.8, 4) is 11.3 Å². The van der Waals surface area contributed by atoms with Crippen molar-refractivity contribution in [1.29, 1.82) is 0 Å². The van der Waals surface area contributed by atoms with Gasteiger partial charge in [-0.3, -0.25) is 4.40 Å². The molecule has 0 saturated carbocycles. The van der Waals surface area contributed by atoms with Gasteiger partial charge >= 0.3 is 0 Å². The lowest BCUT2D eigenvalue weighted by molar-refractivity contribution is 0.282. The Labute approximate surface area is 96.6 Å². The van der Waals surface area contributed by atoms with E-state index < -0.39 is 0 Å². The van der Waals surface area contributed by atoms with Gasteiger partial charge in [0.25, 0.3) is 0 Å². The summed E-state index contributed by atoms with van der Waals surface area (Å²) in [5.41, 5.74) is 2.97. The maximum absolute atomic E-state index is 8.96. The van der Waals surface area contributed by atoms with E-state index in [-0.39, 0.29) is 6.61 Å². The summed E-state index contributed by atoms with van der Waals surface area (Å²) in [4.78, 5) is 5.52. The zero-order chi connectivity index (χ0) is 11.0. The van der Waals surface area contributed by atoms with Crippen LogP contribution in [0.15, 0.2) is 42.0 Å². The topological polar surface area (TPSA) is 37.5 Å². The fraction of sp³-hybridized carbons (Fsp3) is 0.0833. The van der Waals surface area contributed by atoms with E-state index in [1.165, 1.54) is 0 Å². The Morgan fingerprint density at radius 1 is 1.25 bits per heavy atom. The maximum Gasteiger partial charge on any atom is 0.194 e. The minimum atomic E-state index is 0.0819. The highest BCUT2D eigenvalue weighted by molar-refractivity contribution is 7.15. The molecule has 0 saturated heterocycles. The highest BCUT2D eigenvalue weighted by atomic mass is 32.1. The molecule has 0 aliphatic heterocycles. The van der Waals surface area contributed by atoms with E-state index >= 15 is 0 Å². The second kappa shape index (κ2) is 3.73. The quantitative estimate of drug-likeness (QED) is 0.734. The molecule has 0 amide bonds. The number of fused-ring (bicyclic) bond motifs is 1. The number of thiazole rings is 1. The SMILES string of the molecule is OCc1ccc(-c2cn3ccsc3n2)cc1. The number of nitrogens with zero attached hydrogens (tertiary/aromatic N) is 2. The number of aromatic nitrogens is 2. The van der Waals surface area contributed by atoms with Gasteiger partial charge in [-0.1, -0.05) is 24.3 Å². The van der Waals surface area contributed by atoms with Crippen molar-refractivity contribution < 1.29 is 5.11 Å². The highest BCUT2D eigenvalue weighted by Crippen LogP contribution is 2.21. The second-order valence-electron chi connectivity index (χ2n) is 3.57. The van der Waals surface area contributed by atoms with Gasteiger partial charge in [0.2, 0.25) is 0 Å². The number of benzene rings is 1. The van der Waals surface area contributed by atoms with Crippen molar-refractivity contribution in [2.75, 3.05) is 0 Å². The minimum Gasteiger partial charge on any atom is -0.392 e. The summed E-state index contributed by atoms with van der Waals surface area (Å²) in [6, 6.07) is 7.81. The third-order valence-electron chi connectivity index (χ3n) is 2.53. The summed E-state index contributed by atoms with van der Waals surface area (Å²) in [6.07, 6.45) is 4.01. The molecular weight excluding hydrogens is 220 g/mol. The monoisotopic (exact) mass is 230 g/mol. The zero-order valence-corrected chi connectivity index (χ0v) is 9.31. The minimum absolute atomic E-state index is 0.0819. The summed E-state index contributed by atoms with van der Waals surface area (Å²) in [5, 5.41) is 11.0. The number of hydrogen-bond donors (Lipinski definition) is 1. The molecule has 1 N–H and O–H groups in total. The highest BCUT2D eigenvalue weighted by Gasteiger charge is 2.04. The number of hydrogen-bond acceptors (Lipinski definition) is 3. The van der Waals surface area contributed by atoms with Gasteiger partial charge in [0.15, 0.2) is 4.96 Å². The molecule has 0 aliphatic carbocycles. The second-order valence-corrected chi connectivity index (χ2v) is 4.45. The number of aliphatic hydroxyl groups is 1. The summed E-state index contributed by atoms with van der Waals surface area (Å²) in [5.74, 6) is 0. The molecule has 16 heavy (non-hydrogen) atoms. The van der Waals surface area contributed by atoms with Crippen molar-refractivity contribution >= 4 is 16.3 Å². The van der Waals surface area contributed by atoms with E-state index in [0.29, 0.717) is 0 Å². The summed E-state index contributed by atoms with van der Waals surface area (Å²) < 4.78 is 2.01. The van der Waals surface area contributed by atoms with E-state index in [2.05, 4.69) is 4.98 Å². The first kappa shape index (κ1) is 9.57. The van der Waals surface area contributed by atoms with Crippen molar-refractivity contribution in [2.45, 2.75) is 6.61 Å². The average molecular weight is 230 g/mol. The Bertz CT molecular complexity index is 581. The van der Waals surface area contributed by atoms with Crippen LogP contribution in [0.25, 0.3) is 16.2 Å². The molecule has 3 nitrogen and oxygen atoms in total. The first-order valence-corrected chi connectivity index (χ1v) is 5.87. The van der Waals surface area contributed by atoms with Crippen molar-refractivity contribution in [2.24, 2.45) is 0 Å². The summed E-state index contributed by atoms with van der Waals surface area (Å²) in [6.45, 7) is 0.0819. The molecule has 0 radical (unpaired) electrons. The van der Waals surface area contributed by atoms with E-state index in [0.717, 1.165) is 21.8 Å². The lowest BCUT2D eigenvalue weighted by Crippen LogP contribution is -1.83. The van der Waals surface area contributed by atoms with Crippen LogP contribution in [0.5, 0.6) is 0 Å². The summed E-state index contributed by atoms with van der Waals surface area (Å²) >= 11 is 1.62. The molecule has 0 bridgehead atoms. The van der Waals surface area contributed by atoms with Gasteiger partial charge in [0.1, 0.15) is 0 Å². The van der Waals surface area contributed by atoms with Crippen LogP contribution in [0.2, 0.25) is 0 Å². The Balaban J connectivity index is 2.05. The Kier molecular flexibility index (Phi) is 2.23. The van der Waals surface area contributed by atoms with Crippen LogP contribution >= 0.6 is 11.3 Å². The van der Waals surface area contributed by atoms with E-state index in [1.54, 1.807) is 11.3 Å². The van der Waals surface area contributed by atoms with Crippen LogP contribution in [-0.4, -0.2) is 14.5 Å². The van der Waals surface area contributed by atoms with Crippen LogP contribution in [0.1, 0.15) is 5.56 Å². The van der Waals surface area contributed by atoms with Crippen LogP contribution in [0, 0.1) is 0 Å². The molecule has 2 aromatic heterocycles. The standard InChI is InChI=1S/C12H10N2OS/c15-8-9-1-3-10(4-2-9)11-7-14-5-6-16-12(14)13-11/h1-7,15H,8H2. The molecule has 0 atom stereocenters. The van der Waals surface area contributed by atoms with Crippen molar-refractivity contribution in [3.05, 3.63) is 47.6 Å². The summed E-state index contributed by atoms with van der Waals surface area (Å²) in [7, 11) is 0. The van der Waals surface area contributed by atoms with Gasteiger partial charge in [-0.05, 0) is 5.56 Å². The Hall–Kier alpha value is -1.65. The molecule has 3 aromatic rings. The normalized spacial score (nSPS) is 11.1. The van der Waals surface area contributed by atoms with Crippen molar-refractivity contribution in [3.63, 3.8) is 0 Å². The van der Waals surface area contributed by atoms with E-state index in [1.807, 2.05) is 46.4 Å². The fourth-order valence-corrected chi connectivity index (χ4v) is 2.35. The number of imidazole rings is 1. The third-order valence-corrected chi connectivity index (χ3v) is 3.30. The molecule has 3 rings (SSSR count). The fourth-order valence-electron chi connectivity index (χ4n) is 1.65. The van der Waals surface area contributed by atoms with Gasteiger partial charge in [-0.15, -0.1) is 11.3 Å². The van der Waals surface area contributed by atoms with Gasteiger partial charge in [0, 0.05) is 23.3 Å². The number of rotatable bonds is 2. The maximum atomic E-state index is 8.96.